The van der Waals surface area contributed by atoms with Crippen LogP contribution in [0.4, 0.5) is 0 Å². The number of rotatable bonds is 5. The van der Waals surface area contributed by atoms with E-state index in [1.54, 1.807) is 11.8 Å². The van der Waals surface area contributed by atoms with Crippen molar-refractivity contribution < 1.29 is 4.52 Å². The molecule has 2 heterocycles. The Balaban J connectivity index is 1.56. The molecular formula is C15H19N3OS. The van der Waals surface area contributed by atoms with Crippen molar-refractivity contribution in [3.63, 3.8) is 0 Å². The third-order valence-electron chi connectivity index (χ3n) is 3.59. The summed E-state index contributed by atoms with van der Waals surface area (Å²) >= 11 is 1.76. The van der Waals surface area contributed by atoms with Crippen LogP contribution in [-0.2, 0) is 12.2 Å². The second kappa shape index (κ2) is 6.41. The van der Waals surface area contributed by atoms with Crippen LogP contribution in [0.1, 0.15) is 23.7 Å². The van der Waals surface area contributed by atoms with Crippen molar-refractivity contribution in [2.75, 3.05) is 13.1 Å². The van der Waals surface area contributed by atoms with Crippen molar-refractivity contribution in [1.82, 2.24) is 15.5 Å². The maximum absolute atomic E-state index is 5.34. The van der Waals surface area contributed by atoms with Gasteiger partial charge in [0.05, 0.1) is 5.75 Å². The third kappa shape index (κ3) is 3.41. The van der Waals surface area contributed by atoms with Crippen molar-refractivity contribution in [3.8, 4) is 0 Å². The van der Waals surface area contributed by atoms with Crippen LogP contribution in [0.5, 0.6) is 0 Å². The van der Waals surface area contributed by atoms with Crippen LogP contribution in [0.15, 0.2) is 33.7 Å². The molecule has 1 aliphatic heterocycles. The first-order chi connectivity index (χ1) is 9.81. The van der Waals surface area contributed by atoms with Crippen molar-refractivity contribution >= 4 is 11.8 Å². The lowest BCUT2D eigenvalue weighted by Crippen LogP contribution is -2.10. The highest BCUT2D eigenvalue weighted by atomic mass is 32.2. The molecule has 4 nitrogen and oxygen atoms in total. The molecule has 0 saturated carbocycles. The number of benzene rings is 1. The van der Waals surface area contributed by atoms with Crippen LogP contribution in [0.2, 0.25) is 0 Å². The SMILES string of the molecule is Cc1ccccc1SCc1noc(CC2CCNC2)n1. The van der Waals surface area contributed by atoms with Crippen molar-refractivity contribution in [1.29, 1.82) is 0 Å². The number of nitrogens with zero attached hydrogens (tertiary/aromatic N) is 2. The Morgan fingerprint density at radius 1 is 1.40 bits per heavy atom. The number of nitrogens with one attached hydrogen (secondary N) is 1. The monoisotopic (exact) mass is 289 g/mol. The zero-order valence-corrected chi connectivity index (χ0v) is 12.4. The first-order valence-electron chi connectivity index (χ1n) is 7.02. The van der Waals surface area contributed by atoms with Crippen LogP contribution in [0.25, 0.3) is 0 Å². The van der Waals surface area contributed by atoms with Crippen LogP contribution in [0, 0.1) is 12.8 Å². The number of aromatic nitrogens is 2. The summed E-state index contributed by atoms with van der Waals surface area (Å²) in [6.07, 6.45) is 2.10. The standard InChI is InChI=1S/C15H19N3OS/c1-11-4-2-3-5-13(11)20-10-14-17-15(19-18-14)8-12-6-7-16-9-12/h2-5,12,16H,6-10H2,1H3. The predicted octanol–water partition coefficient (Wildman–Crippen LogP) is 2.82. The van der Waals surface area contributed by atoms with E-state index in [0.717, 1.165) is 37.0 Å². The van der Waals surface area contributed by atoms with Gasteiger partial charge in [0.25, 0.3) is 0 Å². The van der Waals surface area contributed by atoms with Gasteiger partial charge in [-0.1, -0.05) is 23.4 Å². The second-order valence-corrected chi connectivity index (χ2v) is 6.24. The van der Waals surface area contributed by atoms with E-state index in [0.29, 0.717) is 5.92 Å². The molecule has 0 spiro atoms. The summed E-state index contributed by atoms with van der Waals surface area (Å²) in [6.45, 7) is 4.29. The van der Waals surface area contributed by atoms with Gasteiger partial charge in [-0.3, -0.25) is 0 Å². The van der Waals surface area contributed by atoms with Gasteiger partial charge in [0.15, 0.2) is 5.82 Å². The van der Waals surface area contributed by atoms with Gasteiger partial charge in [-0.25, -0.2) is 0 Å². The summed E-state index contributed by atoms with van der Waals surface area (Å²) in [5, 5.41) is 7.43. The van der Waals surface area contributed by atoms with Gasteiger partial charge in [-0.2, -0.15) is 4.98 Å². The topological polar surface area (TPSA) is 51.0 Å². The van der Waals surface area contributed by atoms with Crippen LogP contribution in [0.3, 0.4) is 0 Å². The molecule has 1 unspecified atom stereocenters. The van der Waals surface area contributed by atoms with Crippen molar-refractivity contribution in [3.05, 3.63) is 41.5 Å². The summed E-state index contributed by atoms with van der Waals surface area (Å²) in [5.41, 5.74) is 1.29. The molecule has 0 aliphatic carbocycles. The van der Waals surface area contributed by atoms with Gasteiger partial charge in [-0.05, 0) is 44.0 Å². The number of aryl methyl sites for hydroxylation is 1. The maximum Gasteiger partial charge on any atom is 0.226 e. The highest BCUT2D eigenvalue weighted by Crippen LogP contribution is 2.25. The Kier molecular flexibility index (Phi) is 4.38. The van der Waals surface area contributed by atoms with E-state index in [1.807, 2.05) is 0 Å². The second-order valence-electron chi connectivity index (χ2n) is 5.22. The smallest absolute Gasteiger partial charge is 0.226 e. The maximum atomic E-state index is 5.34. The van der Waals surface area contributed by atoms with Crippen molar-refractivity contribution in [2.24, 2.45) is 5.92 Å². The summed E-state index contributed by atoms with van der Waals surface area (Å²) in [6, 6.07) is 8.37. The van der Waals surface area contributed by atoms with E-state index in [9.17, 15) is 0 Å². The molecule has 0 bridgehead atoms. The van der Waals surface area contributed by atoms with E-state index in [1.165, 1.54) is 16.9 Å². The lowest BCUT2D eigenvalue weighted by atomic mass is 10.1. The summed E-state index contributed by atoms with van der Waals surface area (Å²) in [5.74, 6) is 2.97. The first kappa shape index (κ1) is 13.6. The van der Waals surface area contributed by atoms with Crippen LogP contribution < -0.4 is 5.32 Å². The predicted molar refractivity (Wildman–Crippen MR) is 79.7 cm³/mol. The molecular weight excluding hydrogens is 270 g/mol. The first-order valence-corrected chi connectivity index (χ1v) is 8.00. The molecule has 0 radical (unpaired) electrons. The Morgan fingerprint density at radius 2 is 2.30 bits per heavy atom. The van der Waals surface area contributed by atoms with E-state index in [2.05, 4.69) is 46.6 Å². The average molecular weight is 289 g/mol. The number of hydrogen-bond acceptors (Lipinski definition) is 5. The van der Waals surface area contributed by atoms with Gasteiger partial charge in [0.2, 0.25) is 5.89 Å². The van der Waals surface area contributed by atoms with E-state index in [4.69, 9.17) is 4.52 Å². The summed E-state index contributed by atoms with van der Waals surface area (Å²) in [4.78, 5) is 5.77. The molecule has 1 atom stereocenters. The normalized spacial score (nSPS) is 18.6. The lowest BCUT2D eigenvalue weighted by molar-refractivity contribution is 0.354. The Bertz CT molecular complexity index is 564. The molecule has 5 heteroatoms. The third-order valence-corrected chi connectivity index (χ3v) is 4.76. The minimum atomic E-state index is 0.646. The molecule has 1 N–H and O–H groups in total. The van der Waals surface area contributed by atoms with Gasteiger partial charge in [0.1, 0.15) is 0 Å². The molecule has 106 valence electrons. The van der Waals surface area contributed by atoms with Crippen molar-refractivity contribution in [2.45, 2.75) is 30.4 Å². The highest BCUT2D eigenvalue weighted by Gasteiger charge is 2.18. The minimum absolute atomic E-state index is 0.646. The number of thioether (sulfide) groups is 1. The van der Waals surface area contributed by atoms with Crippen LogP contribution >= 0.6 is 11.8 Å². The highest BCUT2D eigenvalue weighted by molar-refractivity contribution is 7.98. The summed E-state index contributed by atoms with van der Waals surface area (Å²) in [7, 11) is 0. The molecule has 0 amide bonds. The summed E-state index contributed by atoms with van der Waals surface area (Å²) < 4.78 is 5.34. The lowest BCUT2D eigenvalue weighted by Gasteiger charge is -2.02. The number of hydrogen-bond donors (Lipinski definition) is 1. The molecule has 3 rings (SSSR count). The molecule has 2 aromatic rings. The minimum Gasteiger partial charge on any atom is -0.339 e. The molecule has 1 fully saturated rings. The fourth-order valence-electron chi connectivity index (χ4n) is 2.43. The van der Waals surface area contributed by atoms with E-state index < -0.39 is 0 Å². The zero-order chi connectivity index (χ0) is 13.8. The Labute approximate surface area is 123 Å². The van der Waals surface area contributed by atoms with E-state index in [-0.39, 0.29) is 0 Å². The largest absolute Gasteiger partial charge is 0.339 e. The molecule has 1 aromatic carbocycles. The Hall–Kier alpha value is -1.33. The van der Waals surface area contributed by atoms with Gasteiger partial charge in [0, 0.05) is 11.3 Å². The van der Waals surface area contributed by atoms with E-state index >= 15 is 0 Å². The average Bonchev–Trinajstić information content (AvgIpc) is 3.10. The zero-order valence-electron chi connectivity index (χ0n) is 11.6. The van der Waals surface area contributed by atoms with Gasteiger partial charge in [-0.15, -0.1) is 11.8 Å². The van der Waals surface area contributed by atoms with Gasteiger partial charge >= 0.3 is 0 Å². The fraction of sp³-hybridized carbons (Fsp3) is 0.467. The molecule has 20 heavy (non-hydrogen) atoms. The quantitative estimate of drug-likeness (QED) is 0.858. The Morgan fingerprint density at radius 3 is 3.10 bits per heavy atom. The van der Waals surface area contributed by atoms with Crippen LogP contribution in [-0.4, -0.2) is 23.2 Å². The molecule has 1 aromatic heterocycles. The molecule has 1 aliphatic rings. The fourth-order valence-corrected chi connectivity index (χ4v) is 3.30. The molecule has 1 saturated heterocycles. The van der Waals surface area contributed by atoms with Gasteiger partial charge < -0.3 is 9.84 Å².